The molecule has 0 radical (unpaired) electrons. The number of aliphatic hydroxyl groups excluding tert-OH is 1. The molecule has 0 aliphatic heterocycles. The van der Waals surface area contributed by atoms with Crippen molar-refractivity contribution >= 4 is 0 Å². The molecule has 50 valence electrons. The van der Waals surface area contributed by atoms with E-state index in [4.69, 9.17) is 9.84 Å². The van der Waals surface area contributed by atoms with Crippen molar-refractivity contribution in [2.45, 2.75) is 0 Å². The van der Waals surface area contributed by atoms with Crippen LogP contribution in [0.1, 0.15) is 0 Å². The summed E-state index contributed by atoms with van der Waals surface area (Å²) < 4.78 is 8.98. The SMILES string of the molecule is OCCOc1cnon1. The summed E-state index contributed by atoms with van der Waals surface area (Å²) in [6, 6.07) is 0. The van der Waals surface area contributed by atoms with Gasteiger partial charge in [0.2, 0.25) is 0 Å². The zero-order valence-corrected chi connectivity index (χ0v) is 4.65. The summed E-state index contributed by atoms with van der Waals surface area (Å²) >= 11 is 0. The molecule has 9 heavy (non-hydrogen) atoms. The molecule has 1 heterocycles. The van der Waals surface area contributed by atoms with E-state index in [-0.39, 0.29) is 13.2 Å². The maximum absolute atomic E-state index is 8.26. The maximum atomic E-state index is 8.26. The molecule has 1 aromatic heterocycles. The van der Waals surface area contributed by atoms with Crippen LogP contribution in [0, 0.1) is 0 Å². The van der Waals surface area contributed by atoms with Crippen LogP contribution in [0.3, 0.4) is 0 Å². The van der Waals surface area contributed by atoms with Crippen LogP contribution >= 0.6 is 0 Å². The predicted octanol–water partition coefficient (Wildman–Crippen LogP) is -0.559. The first kappa shape index (κ1) is 6.03. The predicted molar refractivity (Wildman–Crippen MR) is 26.9 cm³/mol. The molecule has 5 nitrogen and oxygen atoms in total. The van der Waals surface area contributed by atoms with Crippen molar-refractivity contribution in [1.29, 1.82) is 0 Å². The van der Waals surface area contributed by atoms with Gasteiger partial charge in [-0.2, -0.15) is 0 Å². The highest BCUT2D eigenvalue weighted by Gasteiger charge is 1.94. The fraction of sp³-hybridized carbons (Fsp3) is 0.500. The van der Waals surface area contributed by atoms with E-state index in [0.717, 1.165) is 0 Å². The van der Waals surface area contributed by atoms with Crippen molar-refractivity contribution in [2.24, 2.45) is 0 Å². The minimum atomic E-state index is -0.0349. The highest BCUT2D eigenvalue weighted by molar-refractivity contribution is 4.95. The minimum absolute atomic E-state index is 0.0349. The summed E-state index contributed by atoms with van der Waals surface area (Å²) in [5, 5.41) is 14.9. The first-order chi connectivity index (χ1) is 4.43. The van der Waals surface area contributed by atoms with Gasteiger partial charge < -0.3 is 9.84 Å². The Hall–Kier alpha value is -1.10. The molecule has 1 aromatic rings. The molecule has 0 aliphatic rings. The van der Waals surface area contributed by atoms with E-state index in [1.165, 1.54) is 6.20 Å². The monoisotopic (exact) mass is 130 g/mol. The van der Waals surface area contributed by atoms with E-state index in [0.29, 0.717) is 5.88 Å². The van der Waals surface area contributed by atoms with Crippen molar-refractivity contribution < 1.29 is 14.5 Å². The molecule has 1 rings (SSSR count). The maximum Gasteiger partial charge on any atom is 0.275 e. The van der Waals surface area contributed by atoms with E-state index in [1.54, 1.807) is 0 Å². The molecule has 0 unspecified atom stereocenters. The summed E-state index contributed by atoms with van der Waals surface area (Å²) in [5.74, 6) is 0.295. The Morgan fingerprint density at radius 1 is 1.78 bits per heavy atom. The quantitative estimate of drug-likeness (QED) is 0.594. The highest BCUT2D eigenvalue weighted by atomic mass is 16.6. The second kappa shape index (κ2) is 3.03. The minimum Gasteiger partial charge on any atom is -0.472 e. The number of rotatable bonds is 3. The standard InChI is InChI=1S/C4H6N2O3/c7-1-2-8-4-3-5-9-6-4/h3,7H,1-2H2. The average molecular weight is 130 g/mol. The molecule has 0 fully saturated rings. The number of hydrogen-bond acceptors (Lipinski definition) is 5. The molecule has 0 bridgehead atoms. The van der Waals surface area contributed by atoms with Gasteiger partial charge in [0.1, 0.15) is 12.8 Å². The summed E-state index contributed by atoms with van der Waals surface area (Å²) in [7, 11) is 0. The Labute approximate surface area is 51.2 Å². The van der Waals surface area contributed by atoms with Crippen LogP contribution < -0.4 is 4.74 Å². The van der Waals surface area contributed by atoms with Crippen molar-refractivity contribution in [1.82, 2.24) is 10.3 Å². The molecule has 0 amide bonds. The summed E-state index contributed by atoms with van der Waals surface area (Å²) in [6.07, 6.45) is 1.33. The van der Waals surface area contributed by atoms with Crippen molar-refractivity contribution in [2.75, 3.05) is 13.2 Å². The van der Waals surface area contributed by atoms with Crippen LogP contribution in [-0.4, -0.2) is 28.6 Å². The van der Waals surface area contributed by atoms with Gasteiger partial charge in [0, 0.05) is 0 Å². The van der Waals surface area contributed by atoms with Crippen LogP contribution in [0.15, 0.2) is 10.8 Å². The third-order valence-electron chi connectivity index (χ3n) is 0.682. The lowest BCUT2D eigenvalue weighted by Crippen LogP contribution is -2.01. The number of ether oxygens (including phenoxy) is 1. The summed E-state index contributed by atoms with van der Waals surface area (Å²) in [5.41, 5.74) is 0. The summed E-state index contributed by atoms with van der Waals surface area (Å²) in [6.45, 7) is 0.182. The van der Waals surface area contributed by atoms with Gasteiger partial charge in [-0.25, -0.2) is 4.63 Å². The number of aliphatic hydroxyl groups is 1. The van der Waals surface area contributed by atoms with Gasteiger partial charge in [-0.3, -0.25) is 0 Å². The number of nitrogens with zero attached hydrogens (tertiary/aromatic N) is 2. The van der Waals surface area contributed by atoms with Crippen LogP contribution in [0.5, 0.6) is 5.88 Å². The van der Waals surface area contributed by atoms with Crippen LogP contribution in [-0.2, 0) is 0 Å². The van der Waals surface area contributed by atoms with E-state index >= 15 is 0 Å². The topological polar surface area (TPSA) is 68.4 Å². The third kappa shape index (κ3) is 1.69. The van der Waals surface area contributed by atoms with Crippen LogP contribution in [0.25, 0.3) is 0 Å². The molecular weight excluding hydrogens is 124 g/mol. The Balaban J connectivity index is 2.30. The van der Waals surface area contributed by atoms with Gasteiger partial charge in [0.15, 0.2) is 0 Å². The number of aromatic nitrogens is 2. The van der Waals surface area contributed by atoms with E-state index in [9.17, 15) is 0 Å². The Morgan fingerprint density at radius 2 is 2.67 bits per heavy atom. The lowest BCUT2D eigenvalue weighted by atomic mass is 10.7. The smallest absolute Gasteiger partial charge is 0.275 e. The highest BCUT2D eigenvalue weighted by Crippen LogP contribution is 1.99. The van der Waals surface area contributed by atoms with Gasteiger partial charge in [0.05, 0.1) is 6.61 Å². The zero-order chi connectivity index (χ0) is 6.53. The lowest BCUT2D eigenvalue weighted by molar-refractivity contribution is 0.187. The fourth-order valence-electron chi connectivity index (χ4n) is 0.370. The number of hydrogen-bond donors (Lipinski definition) is 1. The Morgan fingerprint density at radius 3 is 3.22 bits per heavy atom. The second-order valence-corrected chi connectivity index (χ2v) is 1.32. The molecule has 0 saturated carbocycles. The first-order valence-electron chi connectivity index (χ1n) is 2.44. The van der Waals surface area contributed by atoms with E-state index < -0.39 is 0 Å². The second-order valence-electron chi connectivity index (χ2n) is 1.32. The molecule has 0 atom stereocenters. The fourth-order valence-corrected chi connectivity index (χ4v) is 0.370. The molecule has 0 aromatic carbocycles. The Bertz CT molecular complexity index is 151. The summed E-state index contributed by atoms with van der Waals surface area (Å²) in [4.78, 5) is 0. The Kier molecular flexibility index (Phi) is 2.03. The van der Waals surface area contributed by atoms with E-state index in [1.807, 2.05) is 0 Å². The van der Waals surface area contributed by atoms with Crippen molar-refractivity contribution in [3.63, 3.8) is 0 Å². The molecule has 1 N–H and O–H groups in total. The molecule has 5 heteroatoms. The van der Waals surface area contributed by atoms with Gasteiger partial charge in [-0.05, 0) is 5.16 Å². The third-order valence-corrected chi connectivity index (χ3v) is 0.682. The van der Waals surface area contributed by atoms with Gasteiger partial charge >= 0.3 is 0 Å². The molecule has 0 aliphatic carbocycles. The van der Waals surface area contributed by atoms with Gasteiger partial charge in [0.25, 0.3) is 5.88 Å². The normalized spacial score (nSPS) is 9.44. The molecule has 0 saturated heterocycles. The van der Waals surface area contributed by atoms with Crippen molar-refractivity contribution in [3.05, 3.63) is 6.20 Å². The van der Waals surface area contributed by atoms with Crippen LogP contribution in [0.4, 0.5) is 0 Å². The average Bonchev–Trinajstić information content (AvgIpc) is 2.34. The van der Waals surface area contributed by atoms with Crippen molar-refractivity contribution in [3.8, 4) is 5.88 Å². The van der Waals surface area contributed by atoms with Crippen LogP contribution in [0.2, 0.25) is 0 Å². The molecular formula is C4H6N2O3. The van der Waals surface area contributed by atoms with E-state index in [2.05, 4.69) is 14.9 Å². The lowest BCUT2D eigenvalue weighted by Gasteiger charge is -1.93. The van der Waals surface area contributed by atoms with Gasteiger partial charge in [-0.1, -0.05) is 5.16 Å². The zero-order valence-electron chi connectivity index (χ0n) is 4.65. The molecule has 0 spiro atoms. The largest absolute Gasteiger partial charge is 0.472 e. The first-order valence-corrected chi connectivity index (χ1v) is 2.44. The van der Waals surface area contributed by atoms with Gasteiger partial charge in [-0.15, -0.1) is 0 Å².